The molecule has 0 aromatic heterocycles. The largest absolute Gasteiger partial charge is 0.508 e. The van der Waals surface area contributed by atoms with Crippen LogP contribution in [-0.4, -0.2) is 29.4 Å². The van der Waals surface area contributed by atoms with E-state index in [9.17, 15) is 5.11 Å². The van der Waals surface area contributed by atoms with Gasteiger partial charge in [0.05, 0.1) is 0 Å². The lowest BCUT2D eigenvalue weighted by Gasteiger charge is -2.20. The smallest absolute Gasteiger partial charge is 0.115 e. The first-order chi connectivity index (χ1) is 9.65. The molecule has 0 aliphatic rings. The van der Waals surface area contributed by atoms with Crippen molar-refractivity contribution in [3.8, 4) is 5.75 Å². The Bertz CT molecular complexity index is 345. The third kappa shape index (κ3) is 6.92. The lowest BCUT2D eigenvalue weighted by atomic mass is 9.99. The molecule has 0 bridgehead atoms. The van der Waals surface area contributed by atoms with Gasteiger partial charge >= 0.3 is 0 Å². The molecule has 2 atom stereocenters. The summed E-state index contributed by atoms with van der Waals surface area (Å²) >= 11 is 0. The Kier molecular flexibility index (Phi) is 8.31. The van der Waals surface area contributed by atoms with E-state index < -0.39 is 0 Å². The molecule has 2 unspecified atom stereocenters. The minimum atomic E-state index is 0.286. The molecule has 0 fully saturated rings. The maximum absolute atomic E-state index is 9.25. The number of aliphatic hydroxyl groups is 1. The Hall–Kier alpha value is -1.06. The highest BCUT2D eigenvalue weighted by atomic mass is 16.3. The van der Waals surface area contributed by atoms with Crippen molar-refractivity contribution in [2.45, 2.75) is 52.0 Å². The van der Waals surface area contributed by atoms with Gasteiger partial charge in [-0.05, 0) is 62.8 Å². The summed E-state index contributed by atoms with van der Waals surface area (Å²) in [5, 5.41) is 21.9. The first-order valence-electron chi connectivity index (χ1n) is 7.77. The van der Waals surface area contributed by atoms with Crippen LogP contribution in [0.3, 0.4) is 0 Å². The monoisotopic (exact) mass is 279 g/mol. The van der Waals surface area contributed by atoms with Crippen molar-refractivity contribution in [3.63, 3.8) is 0 Å². The number of rotatable bonds is 10. The van der Waals surface area contributed by atoms with Crippen LogP contribution in [0.2, 0.25) is 0 Å². The molecule has 3 heteroatoms. The summed E-state index contributed by atoms with van der Waals surface area (Å²) in [4.78, 5) is 0. The van der Waals surface area contributed by atoms with Gasteiger partial charge in [-0.2, -0.15) is 0 Å². The molecule has 0 saturated heterocycles. The molecule has 0 spiro atoms. The predicted molar refractivity (Wildman–Crippen MR) is 84.0 cm³/mol. The van der Waals surface area contributed by atoms with Gasteiger partial charge in [0.2, 0.25) is 0 Å². The summed E-state index contributed by atoms with van der Waals surface area (Å²) in [6.07, 6.45) is 5.35. The molecular weight excluding hydrogens is 250 g/mol. The first-order valence-corrected chi connectivity index (χ1v) is 7.77. The number of benzene rings is 1. The normalized spacial score (nSPS) is 14.2. The molecule has 0 heterocycles. The van der Waals surface area contributed by atoms with Crippen LogP contribution in [0, 0.1) is 5.92 Å². The van der Waals surface area contributed by atoms with E-state index in [2.05, 4.69) is 19.2 Å². The first kappa shape index (κ1) is 17.0. The van der Waals surface area contributed by atoms with Gasteiger partial charge in [-0.1, -0.05) is 25.5 Å². The van der Waals surface area contributed by atoms with Crippen LogP contribution in [0.15, 0.2) is 24.3 Å². The average Bonchev–Trinajstić information content (AvgIpc) is 2.44. The van der Waals surface area contributed by atoms with E-state index in [0.717, 1.165) is 25.8 Å². The topological polar surface area (TPSA) is 52.5 Å². The zero-order valence-corrected chi connectivity index (χ0v) is 12.8. The van der Waals surface area contributed by atoms with Crippen LogP contribution in [-0.2, 0) is 6.42 Å². The fraction of sp³-hybridized carbons (Fsp3) is 0.647. The van der Waals surface area contributed by atoms with E-state index in [4.69, 9.17) is 5.11 Å². The highest BCUT2D eigenvalue weighted by Crippen LogP contribution is 2.13. The fourth-order valence-corrected chi connectivity index (χ4v) is 2.45. The van der Waals surface area contributed by atoms with Crippen molar-refractivity contribution in [2.75, 3.05) is 13.2 Å². The van der Waals surface area contributed by atoms with Gasteiger partial charge in [0.1, 0.15) is 5.75 Å². The molecule has 3 N–H and O–H groups in total. The molecular formula is C17H29NO2. The second kappa shape index (κ2) is 9.78. The van der Waals surface area contributed by atoms with E-state index in [1.165, 1.54) is 18.4 Å². The van der Waals surface area contributed by atoms with Gasteiger partial charge in [0.25, 0.3) is 0 Å². The van der Waals surface area contributed by atoms with E-state index in [-0.39, 0.29) is 6.61 Å². The van der Waals surface area contributed by atoms with Crippen LogP contribution in [0.4, 0.5) is 0 Å². The molecule has 0 radical (unpaired) electrons. The van der Waals surface area contributed by atoms with Crippen LogP contribution >= 0.6 is 0 Å². The number of hydrogen-bond acceptors (Lipinski definition) is 3. The second-order valence-electron chi connectivity index (χ2n) is 5.68. The Labute approximate surface area is 123 Å². The second-order valence-corrected chi connectivity index (χ2v) is 5.68. The van der Waals surface area contributed by atoms with Crippen molar-refractivity contribution in [3.05, 3.63) is 29.8 Å². The minimum absolute atomic E-state index is 0.286. The zero-order chi connectivity index (χ0) is 14.8. The molecule has 20 heavy (non-hydrogen) atoms. The summed E-state index contributed by atoms with van der Waals surface area (Å²) in [5.74, 6) is 0.910. The van der Waals surface area contributed by atoms with Crippen LogP contribution < -0.4 is 5.32 Å². The molecule has 1 rings (SSSR count). The number of phenolic OH excluding ortho intramolecular Hbond substituents is 1. The molecule has 0 saturated carbocycles. The standard InChI is InChI=1S/C17H29NO2/c1-3-4-16(11-12-19)13-18-14(2)5-6-15-7-9-17(20)10-8-15/h7-10,14,16,18-20H,3-6,11-13H2,1-2H3. The van der Waals surface area contributed by atoms with Crippen LogP contribution in [0.5, 0.6) is 5.75 Å². The number of aryl methyl sites for hydroxylation is 1. The van der Waals surface area contributed by atoms with Gasteiger partial charge in [0, 0.05) is 12.6 Å². The predicted octanol–water partition coefficient (Wildman–Crippen LogP) is 3.10. The van der Waals surface area contributed by atoms with Crippen molar-refractivity contribution < 1.29 is 10.2 Å². The Balaban J connectivity index is 2.25. The van der Waals surface area contributed by atoms with Gasteiger partial charge in [-0.25, -0.2) is 0 Å². The lowest BCUT2D eigenvalue weighted by molar-refractivity contribution is 0.245. The van der Waals surface area contributed by atoms with E-state index in [1.54, 1.807) is 12.1 Å². The van der Waals surface area contributed by atoms with Crippen LogP contribution in [0.25, 0.3) is 0 Å². The van der Waals surface area contributed by atoms with Crippen molar-refractivity contribution in [1.29, 1.82) is 0 Å². The number of aromatic hydroxyl groups is 1. The van der Waals surface area contributed by atoms with Crippen molar-refractivity contribution in [1.82, 2.24) is 5.32 Å². The molecule has 114 valence electrons. The summed E-state index contributed by atoms with van der Waals surface area (Å²) in [6, 6.07) is 7.92. The van der Waals surface area contributed by atoms with Gasteiger partial charge in [0.15, 0.2) is 0 Å². The molecule has 1 aromatic rings. The summed E-state index contributed by atoms with van der Waals surface area (Å²) < 4.78 is 0. The van der Waals surface area contributed by atoms with Crippen molar-refractivity contribution >= 4 is 0 Å². The molecule has 0 amide bonds. The number of hydrogen-bond donors (Lipinski definition) is 3. The van der Waals surface area contributed by atoms with E-state index in [1.807, 2.05) is 12.1 Å². The van der Waals surface area contributed by atoms with Crippen molar-refractivity contribution in [2.24, 2.45) is 5.92 Å². The summed E-state index contributed by atoms with van der Waals surface area (Å²) in [5.41, 5.74) is 1.26. The quantitative estimate of drug-likeness (QED) is 0.617. The summed E-state index contributed by atoms with van der Waals surface area (Å²) in [6.45, 7) is 5.68. The van der Waals surface area contributed by atoms with E-state index >= 15 is 0 Å². The van der Waals surface area contributed by atoms with Gasteiger partial charge < -0.3 is 15.5 Å². The highest BCUT2D eigenvalue weighted by Gasteiger charge is 2.09. The Morgan fingerprint density at radius 3 is 2.40 bits per heavy atom. The third-order valence-corrected chi connectivity index (χ3v) is 3.79. The highest BCUT2D eigenvalue weighted by molar-refractivity contribution is 5.25. The maximum atomic E-state index is 9.25. The fourth-order valence-electron chi connectivity index (χ4n) is 2.45. The summed E-state index contributed by atoms with van der Waals surface area (Å²) in [7, 11) is 0. The lowest BCUT2D eigenvalue weighted by Crippen LogP contribution is -2.32. The average molecular weight is 279 g/mol. The van der Waals surface area contributed by atoms with Crippen LogP contribution in [0.1, 0.15) is 45.1 Å². The minimum Gasteiger partial charge on any atom is -0.508 e. The molecule has 1 aromatic carbocycles. The SMILES string of the molecule is CCCC(CCO)CNC(C)CCc1ccc(O)cc1. The number of nitrogens with one attached hydrogen (secondary N) is 1. The maximum Gasteiger partial charge on any atom is 0.115 e. The molecule has 3 nitrogen and oxygen atoms in total. The third-order valence-electron chi connectivity index (χ3n) is 3.79. The van der Waals surface area contributed by atoms with Gasteiger partial charge in [-0.3, -0.25) is 0 Å². The van der Waals surface area contributed by atoms with Gasteiger partial charge in [-0.15, -0.1) is 0 Å². The molecule has 0 aliphatic heterocycles. The zero-order valence-electron chi connectivity index (χ0n) is 12.8. The number of aliphatic hydroxyl groups excluding tert-OH is 1. The molecule has 0 aliphatic carbocycles. The Morgan fingerprint density at radius 2 is 1.80 bits per heavy atom. The van der Waals surface area contributed by atoms with E-state index in [0.29, 0.717) is 17.7 Å². The number of phenols is 1. The Morgan fingerprint density at radius 1 is 1.10 bits per heavy atom.